The third-order valence-corrected chi connectivity index (χ3v) is 1.15. The molecule has 0 radical (unpaired) electrons. The first-order valence-corrected chi connectivity index (χ1v) is 2.63. The van der Waals surface area contributed by atoms with Crippen LogP contribution in [-0.4, -0.2) is 12.1 Å². The van der Waals surface area contributed by atoms with Gasteiger partial charge < -0.3 is 9.72 Å². The summed E-state index contributed by atoms with van der Waals surface area (Å²) in [4.78, 5) is 2.47. The fraction of sp³-hybridized carbons (Fsp3) is 0.333. The molecule has 2 nitrogen and oxygen atoms in total. The van der Waals surface area contributed by atoms with Crippen LogP contribution in [-0.2, 0) is 0 Å². The third-order valence-electron chi connectivity index (χ3n) is 1.15. The summed E-state index contributed by atoms with van der Waals surface area (Å²) in [5.74, 6) is 0.205. The Bertz CT molecular complexity index is 207. The van der Waals surface area contributed by atoms with Crippen LogP contribution in [0.1, 0.15) is 5.69 Å². The number of aromatic amines is 1. The minimum absolute atomic E-state index is 0.357. The van der Waals surface area contributed by atoms with Crippen molar-refractivity contribution in [2.75, 3.05) is 7.11 Å². The first-order chi connectivity index (χ1) is 4.24. The molecule has 1 rings (SSSR count). The van der Waals surface area contributed by atoms with Crippen LogP contribution in [0, 0.1) is 12.9 Å². The Hall–Kier alpha value is -0.990. The van der Waals surface area contributed by atoms with E-state index in [9.17, 15) is 4.39 Å². The normalized spacial score (nSPS) is 9.67. The molecular formula is C6H8FNO. The molecule has 0 bridgehead atoms. The van der Waals surface area contributed by atoms with Crippen LogP contribution >= 0.6 is 0 Å². The number of hydrogen-bond donors (Lipinski definition) is 1. The van der Waals surface area contributed by atoms with Crippen molar-refractivity contribution in [2.45, 2.75) is 6.92 Å². The van der Waals surface area contributed by atoms with Crippen molar-refractivity contribution in [2.24, 2.45) is 0 Å². The van der Waals surface area contributed by atoms with E-state index in [-0.39, 0.29) is 5.95 Å². The summed E-state index contributed by atoms with van der Waals surface area (Å²) in [7, 11) is 1.51. The predicted molar refractivity (Wildman–Crippen MR) is 32.0 cm³/mol. The third kappa shape index (κ3) is 1.04. The molecule has 0 saturated heterocycles. The fourth-order valence-electron chi connectivity index (χ4n) is 0.712. The lowest BCUT2D eigenvalue weighted by atomic mass is 10.4. The molecule has 9 heavy (non-hydrogen) atoms. The van der Waals surface area contributed by atoms with Crippen LogP contribution < -0.4 is 4.74 Å². The molecule has 0 aliphatic heterocycles. The van der Waals surface area contributed by atoms with E-state index < -0.39 is 0 Å². The van der Waals surface area contributed by atoms with E-state index in [0.717, 1.165) is 5.69 Å². The molecular weight excluding hydrogens is 121 g/mol. The van der Waals surface area contributed by atoms with Gasteiger partial charge in [0.15, 0.2) is 5.95 Å². The van der Waals surface area contributed by atoms with Crippen LogP contribution in [0.5, 0.6) is 5.75 Å². The maximum atomic E-state index is 12.2. The van der Waals surface area contributed by atoms with Gasteiger partial charge in [0.05, 0.1) is 12.8 Å². The van der Waals surface area contributed by atoms with Gasteiger partial charge in [-0.2, -0.15) is 4.39 Å². The van der Waals surface area contributed by atoms with E-state index in [2.05, 4.69) is 4.98 Å². The molecule has 0 aromatic carbocycles. The maximum absolute atomic E-state index is 12.2. The number of H-pyrrole nitrogens is 1. The quantitative estimate of drug-likeness (QED) is 0.610. The summed E-state index contributed by atoms with van der Waals surface area (Å²) >= 11 is 0. The molecule has 0 amide bonds. The Balaban J connectivity index is 3.01. The summed E-state index contributed by atoms with van der Waals surface area (Å²) in [6.07, 6.45) is 0. The predicted octanol–water partition coefficient (Wildman–Crippen LogP) is 1.47. The second kappa shape index (κ2) is 2.09. The monoisotopic (exact) mass is 129 g/mol. The highest BCUT2D eigenvalue weighted by Gasteiger charge is 2.01. The number of nitrogens with one attached hydrogen (secondary N) is 1. The van der Waals surface area contributed by atoms with Gasteiger partial charge in [0.2, 0.25) is 0 Å². The zero-order valence-electron chi connectivity index (χ0n) is 5.36. The number of hydrogen-bond acceptors (Lipinski definition) is 1. The van der Waals surface area contributed by atoms with Crippen molar-refractivity contribution in [3.63, 3.8) is 0 Å². The van der Waals surface area contributed by atoms with E-state index in [1.54, 1.807) is 6.92 Å². The topological polar surface area (TPSA) is 25.0 Å². The van der Waals surface area contributed by atoms with Gasteiger partial charge in [0, 0.05) is 6.07 Å². The molecule has 1 aromatic rings. The zero-order valence-corrected chi connectivity index (χ0v) is 5.36. The van der Waals surface area contributed by atoms with Crippen LogP contribution in [0.15, 0.2) is 6.07 Å². The second-order valence-electron chi connectivity index (χ2n) is 1.81. The summed E-state index contributed by atoms with van der Waals surface area (Å²) in [6, 6.07) is 1.31. The molecule has 0 aliphatic carbocycles. The number of aryl methyl sites for hydroxylation is 1. The van der Waals surface area contributed by atoms with Crippen molar-refractivity contribution in [1.82, 2.24) is 4.98 Å². The highest BCUT2D eigenvalue weighted by atomic mass is 19.1. The number of ether oxygens (including phenoxy) is 1. The Labute approximate surface area is 52.6 Å². The Morgan fingerprint density at radius 3 is 2.56 bits per heavy atom. The van der Waals surface area contributed by atoms with E-state index in [0.29, 0.717) is 5.75 Å². The molecule has 0 saturated carbocycles. The molecule has 1 heterocycles. The number of rotatable bonds is 1. The molecule has 0 spiro atoms. The largest absolute Gasteiger partial charge is 0.495 e. The lowest BCUT2D eigenvalue weighted by molar-refractivity contribution is 0.411. The zero-order chi connectivity index (χ0) is 6.85. The van der Waals surface area contributed by atoms with Crippen molar-refractivity contribution in [1.29, 1.82) is 0 Å². The van der Waals surface area contributed by atoms with Gasteiger partial charge in [0.25, 0.3) is 0 Å². The molecule has 50 valence electrons. The number of halogens is 1. The molecule has 3 heteroatoms. The maximum Gasteiger partial charge on any atom is 0.195 e. The summed E-state index contributed by atoms with van der Waals surface area (Å²) < 4.78 is 17.0. The Morgan fingerprint density at radius 2 is 2.33 bits per heavy atom. The molecule has 0 unspecified atom stereocenters. The molecule has 0 atom stereocenters. The van der Waals surface area contributed by atoms with Crippen molar-refractivity contribution in [3.8, 4) is 5.75 Å². The van der Waals surface area contributed by atoms with E-state index in [1.165, 1.54) is 13.2 Å². The van der Waals surface area contributed by atoms with Gasteiger partial charge >= 0.3 is 0 Å². The summed E-state index contributed by atoms with van der Waals surface area (Å²) in [6.45, 7) is 1.75. The van der Waals surface area contributed by atoms with Gasteiger partial charge in [-0.3, -0.25) is 0 Å². The minimum atomic E-state index is -0.357. The highest BCUT2D eigenvalue weighted by molar-refractivity contribution is 5.26. The van der Waals surface area contributed by atoms with Crippen LogP contribution in [0.3, 0.4) is 0 Å². The Morgan fingerprint density at radius 1 is 1.67 bits per heavy atom. The summed E-state index contributed by atoms with van der Waals surface area (Å²) in [5, 5.41) is 0. The van der Waals surface area contributed by atoms with E-state index >= 15 is 0 Å². The van der Waals surface area contributed by atoms with Crippen LogP contribution in [0.2, 0.25) is 0 Å². The molecule has 0 fully saturated rings. The van der Waals surface area contributed by atoms with E-state index in [4.69, 9.17) is 4.74 Å². The molecule has 0 aliphatic rings. The minimum Gasteiger partial charge on any atom is -0.495 e. The van der Waals surface area contributed by atoms with Gasteiger partial charge in [-0.15, -0.1) is 0 Å². The fourth-order valence-corrected chi connectivity index (χ4v) is 0.712. The van der Waals surface area contributed by atoms with E-state index in [1.807, 2.05) is 0 Å². The summed E-state index contributed by atoms with van der Waals surface area (Å²) in [5.41, 5.74) is 0.718. The van der Waals surface area contributed by atoms with Crippen LogP contribution in [0.4, 0.5) is 4.39 Å². The average molecular weight is 129 g/mol. The lowest BCUT2D eigenvalue weighted by Crippen LogP contribution is -1.80. The van der Waals surface area contributed by atoms with Gasteiger partial charge in [-0.05, 0) is 6.92 Å². The average Bonchev–Trinajstić information content (AvgIpc) is 2.10. The Kier molecular flexibility index (Phi) is 1.42. The van der Waals surface area contributed by atoms with Crippen molar-refractivity contribution in [3.05, 3.63) is 17.7 Å². The highest BCUT2D eigenvalue weighted by Crippen LogP contribution is 2.16. The van der Waals surface area contributed by atoms with Crippen molar-refractivity contribution >= 4 is 0 Å². The lowest BCUT2D eigenvalue weighted by Gasteiger charge is -1.92. The van der Waals surface area contributed by atoms with Crippen LogP contribution in [0.25, 0.3) is 0 Å². The number of methoxy groups -OCH3 is 1. The molecule has 1 N–H and O–H groups in total. The first kappa shape index (κ1) is 6.13. The van der Waals surface area contributed by atoms with Gasteiger partial charge in [0.1, 0.15) is 5.75 Å². The SMILES string of the molecule is COc1cc(F)[nH]c1C. The number of aromatic nitrogens is 1. The standard InChI is InChI=1S/C6H8FNO/c1-4-5(9-2)3-6(7)8-4/h3,8H,1-2H3. The van der Waals surface area contributed by atoms with Gasteiger partial charge in [-0.1, -0.05) is 0 Å². The molecule has 1 aromatic heterocycles. The van der Waals surface area contributed by atoms with Gasteiger partial charge in [-0.25, -0.2) is 0 Å². The smallest absolute Gasteiger partial charge is 0.195 e. The first-order valence-electron chi connectivity index (χ1n) is 2.63. The second-order valence-corrected chi connectivity index (χ2v) is 1.81. The van der Waals surface area contributed by atoms with Crippen molar-refractivity contribution < 1.29 is 9.13 Å².